The summed E-state index contributed by atoms with van der Waals surface area (Å²) in [5, 5.41) is 19.7. The van der Waals surface area contributed by atoms with Crippen molar-refractivity contribution in [2.75, 3.05) is 5.75 Å². The monoisotopic (exact) mass is 286 g/mol. The van der Waals surface area contributed by atoms with Gasteiger partial charge in [-0.05, 0) is 39.8 Å². The summed E-state index contributed by atoms with van der Waals surface area (Å²) < 4.78 is 24.6. The molecule has 0 unspecified atom stereocenters. The van der Waals surface area contributed by atoms with Crippen LogP contribution in [0.1, 0.15) is 26.3 Å². The summed E-state index contributed by atoms with van der Waals surface area (Å²) in [6.07, 6.45) is -0.903. The third-order valence-corrected chi connectivity index (χ3v) is 5.06. The van der Waals surface area contributed by atoms with Gasteiger partial charge in [0.15, 0.2) is 9.84 Å². The van der Waals surface area contributed by atoms with Crippen LogP contribution in [0.2, 0.25) is 0 Å². The number of aliphatic hydroxyl groups excluding tert-OH is 1. The first-order valence-electron chi connectivity index (χ1n) is 6.24. The van der Waals surface area contributed by atoms with Crippen molar-refractivity contribution < 1.29 is 18.6 Å². The van der Waals surface area contributed by atoms with E-state index >= 15 is 0 Å². The highest BCUT2D eigenvalue weighted by Gasteiger charge is 2.35. The van der Waals surface area contributed by atoms with Crippen LogP contribution in [0.5, 0.6) is 0 Å². The van der Waals surface area contributed by atoms with Gasteiger partial charge in [-0.25, -0.2) is 8.42 Å². The molecular weight excluding hydrogens is 264 g/mol. The molecule has 0 heterocycles. The molecule has 0 fully saturated rings. The summed E-state index contributed by atoms with van der Waals surface area (Å²) in [7, 11) is -3.52. The number of aryl methyl sites for hydroxylation is 1. The van der Waals surface area contributed by atoms with Crippen LogP contribution >= 0.6 is 0 Å². The Labute approximate surface area is 115 Å². The lowest BCUT2D eigenvalue weighted by molar-refractivity contribution is -0.0294. The molecule has 1 aromatic rings. The molecule has 0 amide bonds. The highest BCUT2D eigenvalue weighted by molar-refractivity contribution is 7.91. The Morgan fingerprint density at radius 2 is 1.68 bits per heavy atom. The largest absolute Gasteiger partial charge is 0.393 e. The second-order valence-electron chi connectivity index (χ2n) is 5.60. The molecule has 2 atom stereocenters. The minimum atomic E-state index is -3.52. The van der Waals surface area contributed by atoms with Gasteiger partial charge in [0.05, 0.1) is 22.4 Å². The van der Waals surface area contributed by atoms with Gasteiger partial charge in [-0.15, -0.1) is 0 Å². The number of hydrogen-bond acceptors (Lipinski definition) is 4. The molecule has 5 heteroatoms. The Hall–Kier alpha value is -0.910. The smallest absolute Gasteiger partial charge is 0.178 e. The van der Waals surface area contributed by atoms with Crippen LogP contribution in [0.3, 0.4) is 0 Å². The number of aliphatic hydroxyl groups is 2. The predicted molar refractivity (Wildman–Crippen MR) is 74.7 cm³/mol. The van der Waals surface area contributed by atoms with Gasteiger partial charge in [-0.3, -0.25) is 0 Å². The van der Waals surface area contributed by atoms with Crippen LogP contribution in [-0.2, 0) is 9.84 Å². The minimum Gasteiger partial charge on any atom is -0.393 e. The zero-order valence-corrected chi connectivity index (χ0v) is 12.6. The number of hydrogen-bond donors (Lipinski definition) is 2. The van der Waals surface area contributed by atoms with Gasteiger partial charge in [-0.1, -0.05) is 17.7 Å². The maximum Gasteiger partial charge on any atom is 0.178 e. The molecule has 0 aliphatic carbocycles. The third kappa shape index (κ3) is 4.30. The highest BCUT2D eigenvalue weighted by Crippen LogP contribution is 2.25. The lowest BCUT2D eigenvalue weighted by Gasteiger charge is -2.31. The SMILES string of the molecule is Cc1ccc(S(=O)(=O)C[C@H]([C@@H](C)O)C(C)(C)O)cc1. The van der Waals surface area contributed by atoms with E-state index in [-0.39, 0.29) is 10.6 Å². The van der Waals surface area contributed by atoms with Crippen molar-refractivity contribution in [1.29, 1.82) is 0 Å². The summed E-state index contributed by atoms with van der Waals surface area (Å²) in [5.74, 6) is -1.02. The first-order valence-corrected chi connectivity index (χ1v) is 7.89. The number of sulfone groups is 1. The van der Waals surface area contributed by atoms with E-state index < -0.39 is 27.5 Å². The molecule has 0 aliphatic heterocycles. The Bertz CT molecular complexity index is 509. The topological polar surface area (TPSA) is 74.6 Å². The molecule has 0 spiro atoms. The Balaban J connectivity index is 3.04. The second-order valence-corrected chi connectivity index (χ2v) is 7.63. The van der Waals surface area contributed by atoms with Crippen molar-refractivity contribution in [1.82, 2.24) is 0 Å². The van der Waals surface area contributed by atoms with E-state index in [1.165, 1.54) is 20.8 Å². The van der Waals surface area contributed by atoms with Crippen LogP contribution in [0.4, 0.5) is 0 Å². The molecule has 1 rings (SSSR count). The molecule has 0 saturated heterocycles. The minimum absolute atomic E-state index is 0.216. The first kappa shape index (κ1) is 16.1. The Morgan fingerprint density at radius 1 is 1.21 bits per heavy atom. The molecule has 2 N–H and O–H groups in total. The molecule has 0 bridgehead atoms. The van der Waals surface area contributed by atoms with E-state index in [0.29, 0.717) is 0 Å². The van der Waals surface area contributed by atoms with Gasteiger partial charge in [0.1, 0.15) is 0 Å². The molecule has 1 aromatic carbocycles. The van der Waals surface area contributed by atoms with Gasteiger partial charge in [0.25, 0.3) is 0 Å². The summed E-state index contributed by atoms with van der Waals surface area (Å²) in [4.78, 5) is 0.216. The van der Waals surface area contributed by atoms with Gasteiger partial charge in [-0.2, -0.15) is 0 Å². The fourth-order valence-corrected chi connectivity index (χ4v) is 3.91. The normalized spacial score (nSPS) is 16.1. The Kier molecular flexibility index (Phi) is 4.76. The number of benzene rings is 1. The lowest BCUT2D eigenvalue weighted by atomic mass is 9.88. The Morgan fingerprint density at radius 3 is 2.05 bits per heavy atom. The third-order valence-electron chi connectivity index (χ3n) is 3.27. The molecule has 0 aromatic heterocycles. The van der Waals surface area contributed by atoms with E-state index in [4.69, 9.17) is 0 Å². The summed E-state index contributed by atoms with van der Waals surface area (Å²) >= 11 is 0. The standard InChI is InChI=1S/C14H22O4S/c1-10-5-7-12(8-6-10)19(17,18)9-13(11(2)15)14(3,4)16/h5-8,11,13,15-16H,9H2,1-4H3/t11-,13-/m1/s1. The van der Waals surface area contributed by atoms with Crippen LogP contribution in [-0.4, -0.2) is 36.1 Å². The zero-order chi connectivity index (χ0) is 14.8. The fraction of sp³-hybridized carbons (Fsp3) is 0.571. The molecule has 0 radical (unpaired) electrons. The molecule has 19 heavy (non-hydrogen) atoms. The molecule has 4 nitrogen and oxygen atoms in total. The van der Waals surface area contributed by atoms with Crippen molar-refractivity contribution in [3.63, 3.8) is 0 Å². The van der Waals surface area contributed by atoms with Gasteiger partial charge in [0.2, 0.25) is 0 Å². The summed E-state index contributed by atoms with van der Waals surface area (Å²) in [6, 6.07) is 6.56. The highest BCUT2D eigenvalue weighted by atomic mass is 32.2. The summed E-state index contributed by atoms with van der Waals surface area (Å²) in [5.41, 5.74) is -0.278. The summed E-state index contributed by atoms with van der Waals surface area (Å²) in [6.45, 7) is 6.39. The van der Waals surface area contributed by atoms with Crippen molar-refractivity contribution in [3.05, 3.63) is 29.8 Å². The van der Waals surface area contributed by atoms with Crippen molar-refractivity contribution in [2.24, 2.45) is 5.92 Å². The predicted octanol–water partition coefficient (Wildman–Crippen LogP) is 1.54. The fourth-order valence-electron chi connectivity index (χ4n) is 2.01. The molecular formula is C14H22O4S. The lowest BCUT2D eigenvalue weighted by Crippen LogP contribution is -2.42. The molecule has 0 aliphatic rings. The maximum atomic E-state index is 12.3. The van der Waals surface area contributed by atoms with Gasteiger partial charge < -0.3 is 10.2 Å². The average Bonchev–Trinajstić information content (AvgIpc) is 2.24. The van der Waals surface area contributed by atoms with Crippen molar-refractivity contribution in [2.45, 2.75) is 44.3 Å². The quantitative estimate of drug-likeness (QED) is 0.861. The van der Waals surface area contributed by atoms with E-state index in [0.717, 1.165) is 5.56 Å². The maximum absolute atomic E-state index is 12.3. The van der Waals surface area contributed by atoms with Crippen molar-refractivity contribution in [3.8, 4) is 0 Å². The van der Waals surface area contributed by atoms with E-state index in [2.05, 4.69) is 0 Å². The van der Waals surface area contributed by atoms with E-state index in [1.807, 2.05) is 6.92 Å². The second kappa shape index (κ2) is 5.61. The van der Waals surface area contributed by atoms with Gasteiger partial charge >= 0.3 is 0 Å². The van der Waals surface area contributed by atoms with Crippen LogP contribution in [0.25, 0.3) is 0 Å². The van der Waals surface area contributed by atoms with Crippen LogP contribution in [0, 0.1) is 12.8 Å². The number of rotatable bonds is 5. The van der Waals surface area contributed by atoms with E-state index in [9.17, 15) is 18.6 Å². The zero-order valence-electron chi connectivity index (χ0n) is 11.8. The molecule has 0 saturated carbocycles. The first-order chi connectivity index (χ1) is 8.54. The molecule has 108 valence electrons. The average molecular weight is 286 g/mol. The van der Waals surface area contributed by atoms with Gasteiger partial charge in [0, 0.05) is 5.92 Å². The van der Waals surface area contributed by atoms with E-state index in [1.54, 1.807) is 24.3 Å². The van der Waals surface area contributed by atoms with Crippen LogP contribution < -0.4 is 0 Å². The van der Waals surface area contributed by atoms with Crippen molar-refractivity contribution >= 4 is 9.84 Å². The van der Waals surface area contributed by atoms with Crippen LogP contribution in [0.15, 0.2) is 29.2 Å².